The number of nitrogens with one attached hydrogen (secondary N) is 1. The summed E-state index contributed by atoms with van der Waals surface area (Å²) in [5, 5.41) is 0. The Morgan fingerprint density at radius 2 is 2.10 bits per heavy atom. The molecule has 0 atom stereocenters. The first-order valence-electron chi connectivity index (χ1n) is 3.33. The molecule has 10 heavy (non-hydrogen) atoms. The smallest absolute Gasteiger partial charge is 0.0687 e. The van der Waals surface area contributed by atoms with Gasteiger partial charge in [-0.25, -0.2) is 5.54 Å². The lowest BCUT2D eigenvalue weighted by Gasteiger charge is -2.01. The highest BCUT2D eigenvalue weighted by atomic mass is 19.2. The molecule has 0 radical (unpaired) electrons. The molecule has 0 spiro atoms. The number of rotatable bonds is 2. The summed E-state index contributed by atoms with van der Waals surface area (Å²) in [5.41, 5.74) is 3.23. The van der Waals surface area contributed by atoms with Crippen LogP contribution in [0.15, 0.2) is 24.3 Å². The van der Waals surface area contributed by atoms with Crippen LogP contribution in [0.2, 0.25) is 0 Å². The van der Waals surface area contributed by atoms with Gasteiger partial charge in [-0.05, 0) is 18.1 Å². The molecule has 0 aliphatic carbocycles. The van der Waals surface area contributed by atoms with Crippen molar-refractivity contribution in [1.29, 1.82) is 0 Å². The van der Waals surface area contributed by atoms with Gasteiger partial charge in [0, 0.05) is 0 Å². The third kappa shape index (κ3) is 1.26. The second kappa shape index (κ2) is 3.20. The minimum Gasteiger partial charge on any atom is -0.224 e. The molecule has 2 heteroatoms. The van der Waals surface area contributed by atoms with Crippen molar-refractivity contribution < 1.29 is 4.48 Å². The Bertz CT molecular complexity index is 187. The van der Waals surface area contributed by atoms with E-state index < -0.39 is 0 Å². The van der Waals surface area contributed by atoms with Crippen molar-refractivity contribution in [3.63, 3.8) is 0 Å². The van der Waals surface area contributed by atoms with Gasteiger partial charge in [-0.1, -0.05) is 25.1 Å². The summed E-state index contributed by atoms with van der Waals surface area (Å²) in [5.74, 6) is 0. The van der Waals surface area contributed by atoms with Gasteiger partial charge in [-0.15, -0.1) is 4.48 Å². The zero-order valence-corrected chi connectivity index (χ0v) is 5.89. The van der Waals surface area contributed by atoms with Gasteiger partial charge < -0.3 is 0 Å². The Kier molecular flexibility index (Phi) is 2.26. The lowest BCUT2D eigenvalue weighted by molar-refractivity contribution is 0.616. The Morgan fingerprint density at radius 1 is 1.40 bits per heavy atom. The van der Waals surface area contributed by atoms with E-state index >= 15 is 0 Å². The average molecular weight is 139 g/mol. The molecule has 0 saturated carbocycles. The Balaban J connectivity index is 2.96. The Hall–Kier alpha value is -1.05. The fourth-order valence-corrected chi connectivity index (χ4v) is 0.921. The molecule has 0 heterocycles. The second-order valence-corrected chi connectivity index (χ2v) is 2.11. The quantitative estimate of drug-likeness (QED) is 0.621. The van der Waals surface area contributed by atoms with Crippen molar-refractivity contribution >= 4 is 5.69 Å². The molecule has 0 saturated heterocycles. The molecule has 0 aliphatic heterocycles. The SMILES string of the molecule is CCc1ccccc1NF. The number of halogens is 1. The number of hydrogen-bond acceptors (Lipinski definition) is 1. The minimum atomic E-state index is 0.574. The molecule has 1 N–H and O–H groups in total. The van der Waals surface area contributed by atoms with Crippen LogP contribution >= 0.6 is 0 Å². The van der Waals surface area contributed by atoms with Gasteiger partial charge >= 0.3 is 0 Å². The van der Waals surface area contributed by atoms with Crippen molar-refractivity contribution in [1.82, 2.24) is 0 Å². The van der Waals surface area contributed by atoms with E-state index in [0.29, 0.717) is 5.69 Å². The van der Waals surface area contributed by atoms with E-state index in [2.05, 4.69) is 0 Å². The monoisotopic (exact) mass is 139 g/mol. The summed E-state index contributed by atoms with van der Waals surface area (Å²) in [6, 6.07) is 7.33. The average Bonchev–Trinajstić information content (AvgIpc) is 2.04. The molecule has 1 aromatic carbocycles. The first-order valence-corrected chi connectivity index (χ1v) is 3.33. The molecular formula is C8H10FN. The minimum absolute atomic E-state index is 0.574. The number of benzene rings is 1. The van der Waals surface area contributed by atoms with Crippen LogP contribution < -0.4 is 5.54 Å². The van der Waals surface area contributed by atoms with Crippen molar-refractivity contribution in [2.24, 2.45) is 0 Å². The van der Waals surface area contributed by atoms with E-state index in [1.165, 1.54) is 0 Å². The molecule has 0 amide bonds. The van der Waals surface area contributed by atoms with E-state index in [1.54, 1.807) is 17.7 Å². The third-order valence-corrected chi connectivity index (χ3v) is 1.50. The van der Waals surface area contributed by atoms with Crippen LogP contribution in [0, 0.1) is 0 Å². The molecule has 0 bridgehead atoms. The number of para-hydroxylation sites is 1. The summed E-state index contributed by atoms with van der Waals surface area (Å²) in [4.78, 5) is 0. The molecule has 54 valence electrons. The maximum absolute atomic E-state index is 11.9. The first kappa shape index (κ1) is 7.06. The van der Waals surface area contributed by atoms with Crippen molar-refractivity contribution in [3.8, 4) is 0 Å². The lowest BCUT2D eigenvalue weighted by Crippen LogP contribution is -1.88. The third-order valence-electron chi connectivity index (χ3n) is 1.50. The van der Waals surface area contributed by atoms with Crippen LogP contribution in [0.5, 0.6) is 0 Å². The normalized spacial score (nSPS) is 9.40. The molecule has 1 aromatic rings. The summed E-state index contributed by atoms with van der Waals surface area (Å²) in [7, 11) is 0. The van der Waals surface area contributed by atoms with Crippen molar-refractivity contribution in [3.05, 3.63) is 29.8 Å². The maximum Gasteiger partial charge on any atom is 0.0687 e. The topological polar surface area (TPSA) is 12.0 Å². The Morgan fingerprint density at radius 3 is 2.60 bits per heavy atom. The van der Waals surface area contributed by atoms with Gasteiger partial charge in [0.05, 0.1) is 5.69 Å². The number of hydrogen-bond donors (Lipinski definition) is 1. The fourth-order valence-electron chi connectivity index (χ4n) is 0.921. The van der Waals surface area contributed by atoms with E-state index in [-0.39, 0.29) is 0 Å². The molecule has 0 unspecified atom stereocenters. The summed E-state index contributed by atoms with van der Waals surface area (Å²) < 4.78 is 11.9. The second-order valence-electron chi connectivity index (χ2n) is 2.11. The lowest BCUT2D eigenvalue weighted by atomic mass is 10.1. The van der Waals surface area contributed by atoms with E-state index in [4.69, 9.17) is 0 Å². The van der Waals surface area contributed by atoms with Crippen LogP contribution in [-0.2, 0) is 6.42 Å². The molecule has 1 rings (SSSR count). The van der Waals surface area contributed by atoms with Crippen molar-refractivity contribution in [2.75, 3.05) is 5.54 Å². The molecular weight excluding hydrogens is 129 g/mol. The van der Waals surface area contributed by atoms with Gasteiger partial charge in [0.2, 0.25) is 0 Å². The maximum atomic E-state index is 11.9. The fraction of sp³-hybridized carbons (Fsp3) is 0.250. The van der Waals surface area contributed by atoms with Crippen LogP contribution in [0.25, 0.3) is 0 Å². The summed E-state index contributed by atoms with van der Waals surface area (Å²) in [6.07, 6.45) is 0.854. The standard InChI is InChI=1S/C8H10FN/c1-2-7-5-3-4-6-8(7)10-9/h3-6,10H,2H2,1H3. The number of aryl methyl sites for hydroxylation is 1. The van der Waals surface area contributed by atoms with Gasteiger partial charge in [0.25, 0.3) is 0 Å². The van der Waals surface area contributed by atoms with Crippen LogP contribution in [0.1, 0.15) is 12.5 Å². The predicted octanol–water partition coefficient (Wildman–Crippen LogP) is 2.55. The van der Waals surface area contributed by atoms with Gasteiger partial charge in [0.1, 0.15) is 0 Å². The van der Waals surface area contributed by atoms with Gasteiger partial charge in [-0.3, -0.25) is 0 Å². The highest BCUT2D eigenvalue weighted by Gasteiger charge is 1.95. The molecule has 0 aromatic heterocycles. The van der Waals surface area contributed by atoms with E-state index in [9.17, 15) is 4.48 Å². The van der Waals surface area contributed by atoms with Crippen LogP contribution in [0.4, 0.5) is 10.2 Å². The van der Waals surface area contributed by atoms with Crippen LogP contribution in [-0.4, -0.2) is 0 Å². The Labute approximate surface area is 59.8 Å². The van der Waals surface area contributed by atoms with Crippen molar-refractivity contribution in [2.45, 2.75) is 13.3 Å². The van der Waals surface area contributed by atoms with E-state index in [1.807, 2.05) is 19.1 Å². The summed E-state index contributed by atoms with van der Waals surface area (Å²) in [6.45, 7) is 2.00. The van der Waals surface area contributed by atoms with Gasteiger partial charge in [0.15, 0.2) is 0 Å². The molecule has 0 fully saturated rings. The predicted molar refractivity (Wildman–Crippen MR) is 40.6 cm³/mol. The zero-order valence-electron chi connectivity index (χ0n) is 5.89. The zero-order chi connectivity index (χ0) is 7.40. The largest absolute Gasteiger partial charge is 0.224 e. The highest BCUT2D eigenvalue weighted by Crippen LogP contribution is 2.14. The first-order chi connectivity index (χ1) is 4.88. The summed E-state index contributed by atoms with van der Waals surface area (Å²) >= 11 is 0. The highest BCUT2D eigenvalue weighted by molar-refractivity contribution is 5.48. The molecule has 0 aliphatic rings. The van der Waals surface area contributed by atoms with Gasteiger partial charge in [-0.2, -0.15) is 0 Å². The van der Waals surface area contributed by atoms with E-state index in [0.717, 1.165) is 12.0 Å². The molecule has 1 nitrogen and oxygen atoms in total. The number of anilines is 1. The van der Waals surface area contributed by atoms with Crippen LogP contribution in [0.3, 0.4) is 0 Å².